The van der Waals surface area contributed by atoms with Gasteiger partial charge in [-0.3, -0.25) is 14.5 Å². The summed E-state index contributed by atoms with van der Waals surface area (Å²) in [5.74, 6) is -0.0876. The Bertz CT molecular complexity index is 1200. The Morgan fingerprint density at radius 3 is 2.88 bits per heavy atom. The number of amides is 2. The summed E-state index contributed by atoms with van der Waals surface area (Å²) in [6.07, 6.45) is 6.06. The Kier molecular flexibility index (Phi) is 5.16. The number of carbonyl (C=O) groups excluding carboxylic acids is 2. The van der Waals surface area contributed by atoms with E-state index in [1.165, 1.54) is 12.3 Å². The molecule has 1 saturated heterocycles. The van der Waals surface area contributed by atoms with E-state index in [1.54, 1.807) is 10.6 Å². The Morgan fingerprint density at radius 2 is 2.06 bits per heavy atom. The molecule has 2 amide bonds. The molecular weight excluding hydrogens is 420 g/mol. The molecule has 0 spiro atoms. The highest BCUT2D eigenvalue weighted by Gasteiger charge is 2.30. The van der Waals surface area contributed by atoms with Crippen molar-refractivity contribution in [2.45, 2.75) is 44.2 Å². The van der Waals surface area contributed by atoms with Crippen molar-refractivity contribution in [1.82, 2.24) is 24.9 Å². The Labute approximate surface area is 181 Å². The maximum atomic E-state index is 14.4. The van der Waals surface area contributed by atoms with Gasteiger partial charge in [0.2, 0.25) is 5.95 Å². The number of aromatic nitrogens is 4. The molecule has 2 aliphatic rings. The average Bonchev–Trinajstić information content (AvgIpc) is 3.50. The third kappa shape index (κ3) is 3.85. The lowest BCUT2D eigenvalue weighted by Gasteiger charge is -2.26. The van der Waals surface area contributed by atoms with Gasteiger partial charge in [-0.25, -0.2) is 18.6 Å². The molecule has 2 aromatic heterocycles. The molecule has 32 heavy (non-hydrogen) atoms. The van der Waals surface area contributed by atoms with E-state index in [2.05, 4.69) is 25.8 Å². The lowest BCUT2D eigenvalue weighted by Crippen LogP contribution is -2.37. The Balaban J connectivity index is 1.39. The van der Waals surface area contributed by atoms with Crippen molar-refractivity contribution >= 4 is 29.2 Å². The number of urea groups is 1. The van der Waals surface area contributed by atoms with Gasteiger partial charge in [-0.2, -0.15) is 0 Å². The standard InChI is InChI=1S/C21H21F2N7O2/c22-12-3-6-16(23)15(8-12)17-2-1-7-29(17)19-11-30-18(10-24-19)27-28-20(30)26-21(32)25-13-4-5-14(31)9-13/h3,6,8,10-11,13,17H,1-2,4-5,7,9H2,(H2,25,26,28,32)/t13-,17-/m1/s1. The topological polar surface area (TPSA) is 105 Å². The molecule has 2 N–H and O–H groups in total. The van der Waals surface area contributed by atoms with Gasteiger partial charge in [-0.05, 0) is 37.5 Å². The van der Waals surface area contributed by atoms with Crippen LogP contribution in [0.15, 0.2) is 30.6 Å². The summed E-state index contributed by atoms with van der Waals surface area (Å²) in [5.41, 5.74) is 0.713. The van der Waals surface area contributed by atoms with E-state index in [-0.39, 0.29) is 29.4 Å². The zero-order valence-electron chi connectivity index (χ0n) is 17.1. The summed E-state index contributed by atoms with van der Waals surface area (Å²) in [7, 11) is 0. The molecule has 9 nitrogen and oxygen atoms in total. The number of ketones is 1. The van der Waals surface area contributed by atoms with E-state index in [0.717, 1.165) is 18.6 Å². The van der Waals surface area contributed by atoms with Gasteiger partial charge in [0.1, 0.15) is 23.2 Å². The molecule has 3 aromatic rings. The first-order valence-corrected chi connectivity index (χ1v) is 10.5. The lowest BCUT2D eigenvalue weighted by molar-refractivity contribution is -0.117. The summed E-state index contributed by atoms with van der Waals surface area (Å²) >= 11 is 0. The average molecular weight is 441 g/mol. The van der Waals surface area contributed by atoms with Crippen LogP contribution in [0.4, 0.5) is 25.3 Å². The van der Waals surface area contributed by atoms with Crippen LogP contribution in [0, 0.1) is 11.6 Å². The monoisotopic (exact) mass is 441 g/mol. The maximum Gasteiger partial charge on any atom is 0.321 e. The van der Waals surface area contributed by atoms with Crippen molar-refractivity contribution in [1.29, 1.82) is 0 Å². The Hall–Kier alpha value is -3.63. The minimum absolute atomic E-state index is 0.133. The van der Waals surface area contributed by atoms with Gasteiger partial charge in [0, 0.05) is 31.0 Å². The zero-order valence-corrected chi connectivity index (χ0v) is 17.1. The molecule has 1 aromatic carbocycles. The van der Waals surface area contributed by atoms with Crippen LogP contribution in [0.3, 0.4) is 0 Å². The first-order valence-electron chi connectivity index (χ1n) is 10.5. The van der Waals surface area contributed by atoms with Gasteiger partial charge in [0.15, 0.2) is 5.65 Å². The second-order valence-electron chi connectivity index (χ2n) is 8.09. The molecule has 0 radical (unpaired) electrons. The maximum absolute atomic E-state index is 14.4. The van der Waals surface area contributed by atoms with Crippen molar-refractivity contribution < 1.29 is 18.4 Å². The van der Waals surface area contributed by atoms with Crippen molar-refractivity contribution in [2.75, 3.05) is 16.8 Å². The summed E-state index contributed by atoms with van der Waals surface area (Å²) < 4.78 is 29.7. The molecule has 3 heterocycles. The minimum Gasteiger partial charge on any atom is -0.348 e. The van der Waals surface area contributed by atoms with E-state index in [1.807, 2.05) is 4.90 Å². The number of hydrogen-bond acceptors (Lipinski definition) is 6. The Morgan fingerprint density at radius 1 is 1.19 bits per heavy atom. The zero-order chi connectivity index (χ0) is 22.2. The van der Waals surface area contributed by atoms with Crippen LogP contribution in [-0.2, 0) is 4.79 Å². The van der Waals surface area contributed by atoms with Crippen molar-refractivity contribution in [3.8, 4) is 0 Å². The van der Waals surface area contributed by atoms with Crippen LogP contribution >= 0.6 is 0 Å². The fourth-order valence-electron chi connectivity index (χ4n) is 4.42. The predicted octanol–water partition coefficient (Wildman–Crippen LogP) is 2.99. The van der Waals surface area contributed by atoms with Crippen molar-refractivity contribution in [3.63, 3.8) is 0 Å². The second kappa shape index (κ2) is 8.13. The molecule has 5 rings (SSSR count). The van der Waals surface area contributed by atoms with Gasteiger partial charge in [-0.1, -0.05) is 0 Å². The molecule has 0 bridgehead atoms. The highest BCUT2D eigenvalue weighted by molar-refractivity contribution is 5.89. The third-order valence-corrected chi connectivity index (χ3v) is 5.95. The van der Waals surface area contributed by atoms with Crippen LogP contribution in [0.2, 0.25) is 0 Å². The van der Waals surface area contributed by atoms with Crippen molar-refractivity contribution in [2.24, 2.45) is 0 Å². The number of benzene rings is 1. The van der Waals surface area contributed by atoms with Crippen LogP contribution < -0.4 is 15.5 Å². The van der Waals surface area contributed by atoms with E-state index < -0.39 is 17.7 Å². The molecule has 0 unspecified atom stereocenters. The first-order chi connectivity index (χ1) is 15.5. The molecule has 1 aliphatic carbocycles. The molecule has 166 valence electrons. The largest absolute Gasteiger partial charge is 0.348 e. The molecule has 2 fully saturated rings. The van der Waals surface area contributed by atoms with E-state index in [0.29, 0.717) is 43.7 Å². The quantitative estimate of drug-likeness (QED) is 0.645. The van der Waals surface area contributed by atoms with Gasteiger partial charge in [0.05, 0.1) is 18.4 Å². The number of rotatable bonds is 4. The van der Waals surface area contributed by atoms with Gasteiger partial charge in [0.25, 0.3) is 0 Å². The summed E-state index contributed by atoms with van der Waals surface area (Å²) in [5, 5.41) is 13.4. The van der Waals surface area contributed by atoms with Gasteiger partial charge < -0.3 is 10.2 Å². The number of anilines is 2. The minimum atomic E-state index is -0.489. The van der Waals surface area contributed by atoms with Crippen LogP contribution in [0.25, 0.3) is 5.65 Å². The van der Waals surface area contributed by atoms with Gasteiger partial charge >= 0.3 is 6.03 Å². The predicted molar refractivity (Wildman–Crippen MR) is 111 cm³/mol. The number of carbonyl (C=O) groups is 2. The molecule has 1 saturated carbocycles. The fraction of sp³-hybridized carbons (Fsp3) is 0.381. The van der Waals surface area contributed by atoms with E-state index in [9.17, 15) is 18.4 Å². The SMILES string of the molecule is O=C1CC[C@@H](NC(=O)Nc2nnc3cnc(N4CCC[C@@H]4c4cc(F)ccc4F)cn23)C1. The van der Waals surface area contributed by atoms with E-state index in [4.69, 9.17) is 0 Å². The lowest BCUT2D eigenvalue weighted by atomic mass is 10.0. The van der Waals surface area contributed by atoms with Gasteiger partial charge in [-0.15, -0.1) is 10.2 Å². The molecular formula is C21H21F2N7O2. The van der Waals surface area contributed by atoms with Crippen LogP contribution in [0.1, 0.15) is 43.7 Å². The number of fused-ring (bicyclic) bond motifs is 1. The van der Waals surface area contributed by atoms with Crippen LogP contribution in [0.5, 0.6) is 0 Å². The highest BCUT2D eigenvalue weighted by atomic mass is 19.1. The van der Waals surface area contributed by atoms with E-state index >= 15 is 0 Å². The highest BCUT2D eigenvalue weighted by Crippen LogP contribution is 2.36. The number of Topliss-reactive ketones (excluding diaryl/α,β-unsaturated/α-hetero) is 1. The molecule has 2 atom stereocenters. The van der Waals surface area contributed by atoms with Crippen molar-refractivity contribution in [3.05, 3.63) is 47.8 Å². The fourth-order valence-corrected chi connectivity index (χ4v) is 4.42. The normalized spacial score (nSPS) is 20.8. The number of nitrogens with one attached hydrogen (secondary N) is 2. The smallest absolute Gasteiger partial charge is 0.321 e. The third-order valence-electron chi connectivity index (χ3n) is 5.95. The summed E-state index contributed by atoms with van der Waals surface area (Å²) in [6, 6.07) is 2.44. The number of halogens is 2. The number of nitrogens with zero attached hydrogens (tertiary/aromatic N) is 5. The molecule has 11 heteroatoms. The second-order valence-corrected chi connectivity index (χ2v) is 8.09. The first kappa shape index (κ1) is 20.3. The van der Waals surface area contributed by atoms with Crippen LogP contribution in [-0.4, -0.2) is 44.0 Å². The number of hydrogen-bond donors (Lipinski definition) is 2. The summed E-state index contributed by atoms with van der Waals surface area (Å²) in [4.78, 5) is 30.1. The molecule has 1 aliphatic heterocycles. The summed E-state index contributed by atoms with van der Waals surface area (Å²) in [6.45, 7) is 0.625.